The predicted octanol–water partition coefficient (Wildman–Crippen LogP) is 6.79. The molecule has 0 N–H and O–H groups in total. The van der Waals surface area contributed by atoms with Gasteiger partial charge < -0.3 is 4.74 Å². The summed E-state index contributed by atoms with van der Waals surface area (Å²) in [6.45, 7) is 0.352. The van der Waals surface area contributed by atoms with Gasteiger partial charge in [-0.05, 0) is 57.9 Å². The van der Waals surface area contributed by atoms with Crippen LogP contribution in [0.4, 0.5) is 9.18 Å². The maximum Gasteiger partial charge on any atom is 0.293 e. The molecule has 34 heavy (non-hydrogen) atoms. The number of ether oxygens (including phenoxy) is 1. The van der Waals surface area contributed by atoms with E-state index in [1.165, 1.54) is 11.5 Å². The van der Waals surface area contributed by atoms with E-state index in [2.05, 4.69) is 18.2 Å². The van der Waals surface area contributed by atoms with Crippen LogP contribution in [-0.2, 0) is 17.9 Å². The van der Waals surface area contributed by atoms with Gasteiger partial charge in [0.05, 0.1) is 11.4 Å². The first kappa shape index (κ1) is 21.9. The van der Waals surface area contributed by atoms with Crippen LogP contribution in [0.25, 0.3) is 16.8 Å². The van der Waals surface area contributed by atoms with Crippen molar-refractivity contribution < 1.29 is 18.7 Å². The molecule has 4 nitrogen and oxygen atoms in total. The van der Waals surface area contributed by atoms with Gasteiger partial charge in [-0.15, -0.1) is 0 Å². The number of halogens is 1. The van der Waals surface area contributed by atoms with Crippen molar-refractivity contribution in [3.63, 3.8) is 0 Å². The van der Waals surface area contributed by atoms with Crippen molar-refractivity contribution in [2.45, 2.75) is 13.2 Å². The van der Waals surface area contributed by atoms with Gasteiger partial charge in [-0.2, -0.15) is 0 Å². The number of benzene rings is 4. The molecular formula is C28H20FNO3S. The molecule has 4 aromatic carbocycles. The van der Waals surface area contributed by atoms with Gasteiger partial charge in [0, 0.05) is 5.56 Å². The molecule has 5 rings (SSSR count). The molecule has 1 saturated heterocycles. The Morgan fingerprint density at radius 2 is 1.53 bits per heavy atom. The van der Waals surface area contributed by atoms with Crippen LogP contribution in [0.5, 0.6) is 5.75 Å². The van der Waals surface area contributed by atoms with Crippen LogP contribution in [0.3, 0.4) is 0 Å². The maximum atomic E-state index is 13.9. The first-order chi connectivity index (χ1) is 16.6. The zero-order valence-electron chi connectivity index (χ0n) is 18.1. The van der Waals surface area contributed by atoms with Gasteiger partial charge >= 0.3 is 0 Å². The lowest BCUT2D eigenvalue weighted by molar-refractivity contribution is -0.123. The quantitative estimate of drug-likeness (QED) is 0.292. The van der Waals surface area contributed by atoms with Crippen molar-refractivity contribution in [3.05, 3.63) is 118 Å². The van der Waals surface area contributed by atoms with E-state index in [0.29, 0.717) is 22.8 Å². The zero-order chi connectivity index (χ0) is 23.5. The molecule has 0 saturated carbocycles. The van der Waals surface area contributed by atoms with E-state index in [4.69, 9.17) is 4.74 Å². The predicted molar refractivity (Wildman–Crippen MR) is 133 cm³/mol. The minimum Gasteiger partial charge on any atom is -0.489 e. The van der Waals surface area contributed by atoms with Crippen LogP contribution in [0, 0.1) is 5.82 Å². The Morgan fingerprint density at radius 1 is 0.824 bits per heavy atom. The third-order valence-corrected chi connectivity index (χ3v) is 6.52. The first-order valence-corrected chi connectivity index (χ1v) is 11.6. The summed E-state index contributed by atoms with van der Waals surface area (Å²) in [6.07, 6.45) is 1.67. The summed E-state index contributed by atoms with van der Waals surface area (Å²) in [4.78, 5) is 26.5. The summed E-state index contributed by atoms with van der Waals surface area (Å²) in [5.74, 6) is -0.156. The van der Waals surface area contributed by atoms with Gasteiger partial charge in [-0.3, -0.25) is 14.5 Å². The number of fused-ring (bicyclic) bond motifs is 1. The standard InChI is InChI=1S/C28H20FNO3S/c29-25-11-4-2-7-21(25)17-30-27(31)26(34-28(30)32)16-19-12-14-23(15-13-19)33-18-22-9-5-8-20-6-1-3-10-24(20)22/h1-16H,17-18H2/b26-16-. The lowest BCUT2D eigenvalue weighted by Crippen LogP contribution is -2.27. The van der Waals surface area contributed by atoms with Gasteiger partial charge in [0.1, 0.15) is 18.2 Å². The third-order valence-electron chi connectivity index (χ3n) is 5.61. The highest BCUT2D eigenvalue weighted by atomic mass is 32.2. The molecule has 1 fully saturated rings. The zero-order valence-corrected chi connectivity index (χ0v) is 18.9. The van der Waals surface area contributed by atoms with Gasteiger partial charge in [-0.1, -0.05) is 72.8 Å². The molecule has 1 aliphatic heterocycles. The fourth-order valence-electron chi connectivity index (χ4n) is 3.82. The number of rotatable bonds is 6. The summed E-state index contributed by atoms with van der Waals surface area (Å²) in [5, 5.41) is 1.92. The molecule has 0 radical (unpaired) electrons. The average molecular weight is 470 g/mol. The molecule has 0 aliphatic carbocycles. The number of amides is 2. The molecule has 2 amide bonds. The Balaban J connectivity index is 1.26. The number of hydrogen-bond acceptors (Lipinski definition) is 4. The number of carbonyl (C=O) groups is 2. The summed E-state index contributed by atoms with van der Waals surface area (Å²) >= 11 is 0.859. The average Bonchev–Trinajstić information content (AvgIpc) is 3.12. The summed E-state index contributed by atoms with van der Waals surface area (Å²) in [6, 6.07) is 27.8. The molecule has 0 aromatic heterocycles. The molecule has 168 valence electrons. The largest absolute Gasteiger partial charge is 0.489 e. The second kappa shape index (κ2) is 9.53. The van der Waals surface area contributed by atoms with Gasteiger partial charge in [0.15, 0.2) is 0 Å². The van der Waals surface area contributed by atoms with E-state index in [-0.39, 0.29) is 6.54 Å². The molecule has 0 spiro atoms. The van der Waals surface area contributed by atoms with Crippen molar-refractivity contribution in [3.8, 4) is 5.75 Å². The van der Waals surface area contributed by atoms with Crippen LogP contribution in [0.2, 0.25) is 0 Å². The maximum absolute atomic E-state index is 13.9. The molecule has 6 heteroatoms. The Labute approximate surface area is 200 Å². The molecule has 1 heterocycles. The van der Waals surface area contributed by atoms with Crippen molar-refractivity contribution in [2.75, 3.05) is 0 Å². The molecule has 0 atom stereocenters. The number of carbonyl (C=O) groups excluding carboxylic acids is 2. The highest BCUT2D eigenvalue weighted by Gasteiger charge is 2.35. The van der Waals surface area contributed by atoms with E-state index in [0.717, 1.165) is 33.2 Å². The van der Waals surface area contributed by atoms with Crippen LogP contribution < -0.4 is 4.74 Å². The van der Waals surface area contributed by atoms with Crippen molar-refractivity contribution in [1.82, 2.24) is 4.90 Å². The number of imide groups is 1. The van der Waals surface area contributed by atoms with Crippen LogP contribution in [0.1, 0.15) is 16.7 Å². The van der Waals surface area contributed by atoms with Gasteiger partial charge in [0.25, 0.3) is 11.1 Å². The van der Waals surface area contributed by atoms with Crippen LogP contribution in [0.15, 0.2) is 95.9 Å². The van der Waals surface area contributed by atoms with Gasteiger partial charge in [0.2, 0.25) is 0 Å². The van der Waals surface area contributed by atoms with E-state index in [1.54, 1.807) is 24.3 Å². The molecule has 0 unspecified atom stereocenters. The van der Waals surface area contributed by atoms with E-state index >= 15 is 0 Å². The fourth-order valence-corrected chi connectivity index (χ4v) is 4.66. The minimum atomic E-state index is -0.440. The normalized spacial score (nSPS) is 14.9. The third kappa shape index (κ3) is 4.58. The Bertz CT molecular complexity index is 1410. The number of thioether (sulfide) groups is 1. The Hall–Kier alpha value is -3.90. The van der Waals surface area contributed by atoms with Crippen LogP contribution in [-0.4, -0.2) is 16.0 Å². The molecule has 0 bridgehead atoms. The second-order valence-corrected chi connectivity index (χ2v) is 8.85. The topological polar surface area (TPSA) is 46.6 Å². The molecular weight excluding hydrogens is 449 g/mol. The van der Waals surface area contributed by atoms with Gasteiger partial charge in [-0.25, -0.2) is 4.39 Å². The minimum absolute atomic E-state index is 0.0877. The summed E-state index contributed by atoms with van der Waals surface area (Å²) in [7, 11) is 0. The Morgan fingerprint density at radius 3 is 2.35 bits per heavy atom. The van der Waals surface area contributed by atoms with Crippen molar-refractivity contribution in [2.24, 2.45) is 0 Å². The van der Waals surface area contributed by atoms with E-state index in [1.807, 2.05) is 48.5 Å². The SMILES string of the molecule is O=C1S/C(=C\c2ccc(OCc3cccc4ccccc34)cc2)C(=O)N1Cc1ccccc1F. The fraction of sp³-hybridized carbons (Fsp3) is 0.0714. The highest BCUT2D eigenvalue weighted by Crippen LogP contribution is 2.34. The van der Waals surface area contributed by atoms with Crippen molar-refractivity contribution in [1.29, 1.82) is 0 Å². The first-order valence-electron chi connectivity index (χ1n) is 10.8. The summed E-state index contributed by atoms with van der Waals surface area (Å²) < 4.78 is 19.9. The summed E-state index contributed by atoms with van der Waals surface area (Å²) in [5.41, 5.74) is 2.18. The Kier molecular flexibility index (Phi) is 6.14. The lowest BCUT2D eigenvalue weighted by Gasteiger charge is -2.12. The molecule has 1 aliphatic rings. The second-order valence-electron chi connectivity index (χ2n) is 7.86. The highest BCUT2D eigenvalue weighted by molar-refractivity contribution is 8.18. The van der Waals surface area contributed by atoms with E-state index < -0.39 is 17.0 Å². The lowest BCUT2D eigenvalue weighted by atomic mass is 10.1. The monoisotopic (exact) mass is 469 g/mol. The van der Waals surface area contributed by atoms with Crippen molar-refractivity contribution >= 4 is 39.8 Å². The van der Waals surface area contributed by atoms with E-state index in [9.17, 15) is 14.0 Å². The number of nitrogens with zero attached hydrogens (tertiary/aromatic N) is 1. The number of hydrogen-bond donors (Lipinski definition) is 0. The molecule has 4 aromatic rings. The van der Waals surface area contributed by atoms with Crippen LogP contribution >= 0.6 is 11.8 Å². The smallest absolute Gasteiger partial charge is 0.293 e.